The number of nitrogens with one attached hydrogen (secondary N) is 1. The van der Waals surface area contributed by atoms with Crippen LogP contribution in [0, 0.1) is 0 Å². The molecule has 5 nitrogen and oxygen atoms in total. The first-order valence-electron chi connectivity index (χ1n) is 7.90. The van der Waals surface area contributed by atoms with Crippen molar-refractivity contribution < 1.29 is 31.5 Å². The molecule has 0 saturated carbocycles. The number of fused-ring (bicyclic) bond motifs is 1. The van der Waals surface area contributed by atoms with Gasteiger partial charge >= 0.3 is 6.18 Å². The van der Waals surface area contributed by atoms with E-state index in [9.17, 15) is 26.7 Å². The highest BCUT2D eigenvalue weighted by atomic mass is 19.4. The second kappa shape index (κ2) is 7.75. The van der Waals surface area contributed by atoms with Crippen LogP contribution >= 0.6 is 0 Å². The largest absolute Gasteiger partial charge is 0.472 e. The monoisotopic (exact) mass is 397 g/mol. The van der Waals surface area contributed by atoms with Gasteiger partial charge in [-0.05, 0) is 12.1 Å². The lowest BCUT2D eigenvalue weighted by Gasteiger charge is -2.15. The molecular weight excluding hydrogens is 385 g/mol. The molecule has 1 N–H and O–H groups in total. The lowest BCUT2D eigenvalue weighted by molar-refractivity contribution is -0.136. The molecule has 0 aliphatic carbocycles. The van der Waals surface area contributed by atoms with E-state index >= 15 is 0 Å². The first kappa shape index (κ1) is 19.5. The first-order valence-corrected chi connectivity index (χ1v) is 7.90. The van der Waals surface area contributed by atoms with Gasteiger partial charge in [0.05, 0.1) is 16.6 Å². The molecule has 0 spiro atoms. The van der Waals surface area contributed by atoms with E-state index in [4.69, 9.17) is 4.74 Å². The minimum absolute atomic E-state index is 0.0897. The van der Waals surface area contributed by atoms with Crippen molar-refractivity contribution in [1.82, 2.24) is 9.97 Å². The fourth-order valence-electron chi connectivity index (χ4n) is 2.52. The van der Waals surface area contributed by atoms with Crippen molar-refractivity contribution in [3.8, 4) is 5.88 Å². The van der Waals surface area contributed by atoms with E-state index < -0.39 is 36.2 Å². The molecular formula is C18H12F5N3O2. The summed E-state index contributed by atoms with van der Waals surface area (Å²) < 4.78 is 69.9. The van der Waals surface area contributed by atoms with Crippen LogP contribution in [0.1, 0.15) is 15.9 Å². The summed E-state index contributed by atoms with van der Waals surface area (Å²) in [7, 11) is 0. The summed E-state index contributed by atoms with van der Waals surface area (Å²) in [5, 5.41) is 1.99. The number of pyridine rings is 2. The van der Waals surface area contributed by atoms with Crippen LogP contribution in [0.2, 0.25) is 0 Å². The average molecular weight is 397 g/mol. The van der Waals surface area contributed by atoms with Crippen molar-refractivity contribution >= 4 is 22.6 Å². The van der Waals surface area contributed by atoms with E-state index in [-0.39, 0.29) is 22.6 Å². The minimum atomic E-state index is -4.80. The zero-order valence-corrected chi connectivity index (χ0v) is 14.0. The maximum Gasteiger partial charge on any atom is 0.417 e. The third kappa shape index (κ3) is 4.33. The van der Waals surface area contributed by atoms with E-state index in [2.05, 4.69) is 15.3 Å². The van der Waals surface area contributed by atoms with Crippen molar-refractivity contribution in [3.05, 3.63) is 59.8 Å². The van der Waals surface area contributed by atoms with E-state index in [0.29, 0.717) is 0 Å². The van der Waals surface area contributed by atoms with Gasteiger partial charge in [0.15, 0.2) is 6.61 Å². The van der Waals surface area contributed by atoms with Crippen LogP contribution < -0.4 is 10.1 Å². The van der Waals surface area contributed by atoms with Gasteiger partial charge in [-0.3, -0.25) is 9.78 Å². The lowest BCUT2D eigenvalue weighted by atomic mass is 10.0. The number of alkyl halides is 5. The lowest BCUT2D eigenvalue weighted by Crippen LogP contribution is -2.20. The Bertz CT molecular complexity index is 1010. The highest BCUT2D eigenvalue weighted by Gasteiger charge is 2.37. The highest BCUT2D eigenvalue weighted by molar-refractivity contribution is 6.07. The zero-order valence-electron chi connectivity index (χ0n) is 14.0. The number of nitrogens with zero attached hydrogens (tertiary/aromatic N) is 2. The van der Waals surface area contributed by atoms with Crippen molar-refractivity contribution in [2.45, 2.75) is 12.6 Å². The fraction of sp³-hybridized carbons (Fsp3) is 0.167. The number of halogens is 5. The standard InChI is InChI=1S/C18H12F5N3O2/c19-13(20)9-28-15-7-3-6-14(25-15)26-17(27)11-8-24-12-5-2-1-4-10(12)16(11)18(21,22)23/h1-8,13H,9H2,(H,25,26,27). The predicted octanol–water partition coefficient (Wildman–Crippen LogP) is 4.54. The van der Waals surface area contributed by atoms with Crippen LogP contribution in [0.3, 0.4) is 0 Å². The number of hydrogen-bond acceptors (Lipinski definition) is 4. The van der Waals surface area contributed by atoms with Crippen LogP contribution in [0.25, 0.3) is 10.9 Å². The molecule has 0 bridgehead atoms. The van der Waals surface area contributed by atoms with Crippen molar-refractivity contribution in [2.24, 2.45) is 0 Å². The summed E-state index contributed by atoms with van der Waals surface area (Å²) in [6, 6.07) is 9.48. The number of aromatic nitrogens is 2. The molecule has 2 aromatic heterocycles. The number of anilines is 1. The maximum absolute atomic E-state index is 13.6. The van der Waals surface area contributed by atoms with Gasteiger partial charge in [-0.1, -0.05) is 24.3 Å². The highest BCUT2D eigenvalue weighted by Crippen LogP contribution is 2.37. The zero-order chi connectivity index (χ0) is 20.3. The summed E-state index contributed by atoms with van der Waals surface area (Å²) in [5.74, 6) is -1.45. The van der Waals surface area contributed by atoms with Gasteiger partial charge in [0.1, 0.15) is 5.82 Å². The Morgan fingerprint density at radius 3 is 2.57 bits per heavy atom. The first-order chi connectivity index (χ1) is 13.3. The number of para-hydroxylation sites is 1. The molecule has 0 atom stereocenters. The Hall–Kier alpha value is -3.30. The summed E-state index contributed by atoms with van der Waals surface area (Å²) in [4.78, 5) is 20.1. The smallest absolute Gasteiger partial charge is 0.417 e. The van der Waals surface area contributed by atoms with Crippen LogP contribution in [0.5, 0.6) is 5.88 Å². The molecule has 0 saturated heterocycles. The number of ether oxygens (including phenoxy) is 1. The molecule has 0 fully saturated rings. The molecule has 0 aliphatic rings. The third-order valence-electron chi connectivity index (χ3n) is 3.63. The Kier molecular flexibility index (Phi) is 5.39. The number of hydrogen-bond donors (Lipinski definition) is 1. The molecule has 2 heterocycles. The molecule has 0 radical (unpaired) electrons. The van der Waals surface area contributed by atoms with Gasteiger partial charge < -0.3 is 10.1 Å². The van der Waals surface area contributed by atoms with Crippen LogP contribution in [0.4, 0.5) is 27.8 Å². The molecule has 3 rings (SSSR count). The summed E-state index contributed by atoms with van der Waals surface area (Å²) in [5.41, 5.74) is -1.72. The molecule has 28 heavy (non-hydrogen) atoms. The number of amides is 1. The second-order valence-corrected chi connectivity index (χ2v) is 5.58. The van der Waals surface area contributed by atoms with E-state index in [1.807, 2.05) is 0 Å². The summed E-state index contributed by atoms with van der Waals surface area (Å²) in [6.07, 6.45) is -6.69. The second-order valence-electron chi connectivity index (χ2n) is 5.58. The van der Waals surface area contributed by atoms with E-state index in [1.165, 1.54) is 42.5 Å². The Morgan fingerprint density at radius 1 is 1.11 bits per heavy atom. The van der Waals surface area contributed by atoms with Crippen molar-refractivity contribution in [2.75, 3.05) is 11.9 Å². The quantitative estimate of drug-likeness (QED) is 0.642. The van der Waals surface area contributed by atoms with Gasteiger partial charge in [-0.15, -0.1) is 0 Å². The number of carbonyl (C=O) groups is 1. The molecule has 1 aromatic carbocycles. The van der Waals surface area contributed by atoms with Crippen LogP contribution in [-0.2, 0) is 6.18 Å². The normalized spacial score (nSPS) is 11.6. The minimum Gasteiger partial charge on any atom is -0.472 e. The van der Waals surface area contributed by atoms with Gasteiger partial charge in [-0.2, -0.15) is 18.2 Å². The SMILES string of the molecule is O=C(Nc1cccc(OCC(F)F)n1)c1cnc2ccccc2c1C(F)(F)F. The van der Waals surface area contributed by atoms with Gasteiger partial charge in [0.25, 0.3) is 12.3 Å². The molecule has 146 valence electrons. The fourth-order valence-corrected chi connectivity index (χ4v) is 2.52. The summed E-state index contributed by atoms with van der Waals surface area (Å²) >= 11 is 0. The van der Waals surface area contributed by atoms with Gasteiger partial charge in [0.2, 0.25) is 5.88 Å². The molecule has 1 amide bonds. The number of benzene rings is 1. The maximum atomic E-state index is 13.6. The van der Waals surface area contributed by atoms with Gasteiger partial charge in [0, 0.05) is 17.6 Å². The Balaban J connectivity index is 1.93. The number of carbonyl (C=O) groups excluding carboxylic acids is 1. The van der Waals surface area contributed by atoms with Crippen LogP contribution in [-0.4, -0.2) is 28.9 Å². The van der Waals surface area contributed by atoms with E-state index in [0.717, 1.165) is 6.20 Å². The predicted molar refractivity (Wildman–Crippen MR) is 90.4 cm³/mol. The molecule has 10 heteroatoms. The Labute approximate surface area is 155 Å². The topological polar surface area (TPSA) is 64.1 Å². The third-order valence-corrected chi connectivity index (χ3v) is 3.63. The van der Waals surface area contributed by atoms with Crippen molar-refractivity contribution in [1.29, 1.82) is 0 Å². The molecule has 3 aromatic rings. The number of rotatable bonds is 5. The molecule has 0 unspecified atom stereocenters. The van der Waals surface area contributed by atoms with Crippen molar-refractivity contribution in [3.63, 3.8) is 0 Å². The summed E-state index contributed by atoms with van der Waals surface area (Å²) in [6.45, 7) is -0.906. The Morgan fingerprint density at radius 2 is 1.86 bits per heavy atom. The van der Waals surface area contributed by atoms with Crippen LogP contribution in [0.15, 0.2) is 48.7 Å². The average Bonchev–Trinajstić information content (AvgIpc) is 2.65. The van der Waals surface area contributed by atoms with Gasteiger partial charge in [-0.25, -0.2) is 8.78 Å². The molecule has 0 aliphatic heterocycles. The van der Waals surface area contributed by atoms with E-state index in [1.54, 1.807) is 0 Å².